The number of rotatable bonds is 3. The molecular weight excluding hydrogens is 304 g/mol. The molecule has 3 rings (SSSR count). The van der Waals surface area contributed by atoms with Crippen LogP contribution in [0.25, 0.3) is 10.9 Å². The number of ether oxygens (including phenoxy) is 2. The van der Waals surface area contributed by atoms with Crippen molar-refractivity contribution in [1.29, 1.82) is 0 Å². The fourth-order valence-corrected chi connectivity index (χ4v) is 2.51. The topological polar surface area (TPSA) is 48.4 Å². The molecule has 0 bridgehead atoms. The molecule has 1 aliphatic carbocycles. The van der Waals surface area contributed by atoms with Crippen molar-refractivity contribution in [2.45, 2.75) is 39.7 Å². The Hall–Kier alpha value is -2.24. The molecule has 1 aliphatic rings. The predicted octanol–water partition coefficient (Wildman–Crippen LogP) is 4.44. The summed E-state index contributed by atoms with van der Waals surface area (Å²) in [6.45, 7) is 5.14. The standard InChI is InChI=1S/C17H17F2NO3/c1-8-9(2)20-13-7-6-12(18)15(19)14(13)16(8)23-17(21)22-10(3)11-4-5-11/h6-7,10-11H,4-5H2,1-3H3. The molecule has 1 fully saturated rings. The van der Waals surface area contributed by atoms with Crippen LogP contribution in [0.5, 0.6) is 5.75 Å². The number of aromatic nitrogens is 1. The number of aryl methyl sites for hydroxylation is 1. The van der Waals surface area contributed by atoms with Crippen molar-refractivity contribution in [2.24, 2.45) is 5.92 Å². The Kier molecular flexibility index (Phi) is 3.92. The molecule has 0 amide bonds. The van der Waals surface area contributed by atoms with Gasteiger partial charge in [-0.3, -0.25) is 4.98 Å². The van der Waals surface area contributed by atoms with Crippen LogP contribution < -0.4 is 4.74 Å². The smallest absolute Gasteiger partial charge is 0.431 e. The van der Waals surface area contributed by atoms with Crippen molar-refractivity contribution >= 4 is 17.1 Å². The number of hydrogen-bond donors (Lipinski definition) is 0. The van der Waals surface area contributed by atoms with Gasteiger partial charge >= 0.3 is 6.16 Å². The molecule has 1 unspecified atom stereocenters. The summed E-state index contributed by atoms with van der Waals surface area (Å²) in [4.78, 5) is 16.2. The van der Waals surface area contributed by atoms with Crippen LogP contribution in [0.2, 0.25) is 0 Å². The Balaban J connectivity index is 1.99. The number of carbonyl (C=O) groups is 1. The number of hydrogen-bond acceptors (Lipinski definition) is 4. The van der Waals surface area contributed by atoms with Gasteiger partial charge in [-0.05, 0) is 51.7 Å². The average molecular weight is 321 g/mol. The van der Waals surface area contributed by atoms with Crippen molar-refractivity contribution < 1.29 is 23.0 Å². The number of fused-ring (bicyclic) bond motifs is 1. The number of nitrogens with zero attached hydrogens (tertiary/aromatic N) is 1. The van der Waals surface area contributed by atoms with Crippen molar-refractivity contribution in [1.82, 2.24) is 4.98 Å². The molecule has 122 valence electrons. The Labute approximate surface area is 132 Å². The molecule has 0 N–H and O–H groups in total. The van der Waals surface area contributed by atoms with Crippen LogP contribution in [-0.2, 0) is 4.74 Å². The van der Waals surface area contributed by atoms with Crippen molar-refractivity contribution in [3.8, 4) is 5.75 Å². The Morgan fingerprint density at radius 3 is 2.65 bits per heavy atom. The van der Waals surface area contributed by atoms with Crippen molar-refractivity contribution in [3.63, 3.8) is 0 Å². The third-order valence-corrected chi connectivity index (χ3v) is 4.22. The maximum Gasteiger partial charge on any atom is 0.514 e. The van der Waals surface area contributed by atoms with Gasteiger partial charge in [-0.25, -0.2) is 13.6 Å². The fourth-order valence-electron chi connectivity index (χ4n) is 2.51. The van der Waals surface area contributed by atoms with Gasteiger partial charge in [0.1, 0.15) is 6.10 Å². The van der Waals surface area contributed by atoms with E-state index in [1.807, 2.05) is 0 Å². The molecule has 4 nitrogen and oxygen atoms in total. The molecule has 0 aliphatic heterocycles. The maximum atomic E-state index is 14.2. The van der Waals surface area contributed by atoms with E-state index >= 15 is 0 Å². The van der Waals surface area contributed by atoms with Gasteiger partial charge in [0, 0.05) is 11.3 Å². The minimum Gasteiger partial charge on any atom is -0.431 e. The highest BCUT2D eigenvalue weighted by molar-refractivity contribution is 5.89. The SMILES string of the molecule is Cc1nc2ccc(F)c(F)c2c(OC(=O)OC(C)C2CC2)c1C. The molecule has 0 spiro atoms. The van der Waals surface area contributed by atoms with Crippen LogP contribution >= 0.6 is 0 Å². The van der Waals surface area contributed by atoms with Gasteiger partial charge in [0.15, 0.2) is 17.4 Å². The maximum absolute atomic E-state index is 14.2. The first kappa shape index (κ1) is 15.6. The Morgan fingerprint density at radius 2 is 2.00 bits per heavy atom. The summed E-state index contributed by atoms with van der Waals surface area (Å²) in [5, 5.41) is -0.149. The lowest BCUT2D eigenvalue weighted by molar-refractivity contribution is 0.0570. The molecule has 0 saturated heterocycles. The van der Waals surface area contributed by atoms with Crippen LogP contribution in [0.3, 0.4) is 0 Å². The zero-order valence-corrected chi connectivity index (χ0v) is 13.2. The van der Waals surface area contributed by atoms with Crippen LogP contribution in [0.1, 0.15) is 31.0 Å². The zero-order chi connectivity index (χ0) is 16.7. The van der Waals surface area contributed by atoms with Crippen molar-refractivity contribution in [3.05, 3.63) is 35.0 Å². The van der Waals surface area contributed by atoms with Crippen LogP contribution in [0.15, 0.2) is 12.1 Å². The largest absolute Gasteiger partial charge is 0.514 e. The first-order valence-electron chi connectivity index (χ1n) is 7.52. The number of carbonyl (C=O) groups excluding carboxylic acids is 1. The normalized spacial score (nSPS) is 15.5. The average Bonchev–Trinajstić information content (AvgIpc) is 3.32. The molecule has 1 heterocycles. The molecule has 6 heteroatoms. The van der Waals surface area contributed by atoms with E-state index in [2.05, 4.69) is 4.98 Å². The van der Waals surface area contributed by atoms with E-state index in [4.69, 9.17) is 9.47 Å². The summed E-state index contributed by atoms with van der Waals surface area (Å²) in [6, 6.07) is 2.35. The molecule has 1 atom stereocenters. The van der Waals surface area contributed by atoms with Crippen LogP contribution in [0, 0.1) is 31.4 Å². The first-order valence-corrected chi connectivity index (χ1v) is 7.52. The highest BCUT2D eigenvalue weighted by Crippen LogP contribution is 2.36. The molecular formula is C17H17F2NO3. The van der Waals surface area contributed by atoms with E-state index < -0.39 is 17.8 Å². The second kappa shape index (κ2) is 5.76. The summed E-state index contributed by atoms with van der Waals surface area (Å²) in [6.07, 6.45) is 0.872. The van der Waals surface area contributed by atoms with Crippen LogP contribution in [-0.4, -0.2) is 17.2 Å². The lowest BCUT2D eigenvalue weighted by Crippen LogP contribution is -2.20. The number of halogens is 2. The van der Waals surface area contributed by atoms with Gasteiger partial charge in [0.05, 0.1) is 10.9 Å². The lowest BCUT2D eigenvalue weighted by atomic mass is 10.1. The Morgan fingerprint density at radius 1 is 1.30 bits per heavy atom. The Bertz CT molecular complexity index is 787. The van der Waals surface area contributed by atoms with Gasteiger partial charge in [-0.2, -0.15) is 0 Å². The first-order chi connectivity index (χ1) is 10.9. The monoisotopic (exact) mass is 321 g/mol. The zero-order valence-electron chi connectivity index (χ0n) is 13.2. The molecule has 1 aromatic heterocycles. The highest BCUT2D eigenvalue weighted by atomic mass is 19.2. The number of benzene rings is 1. The summed E-state index contributed by atoms with van der Waals surface area (Å²) >= 11 is 0. The van der Waals surface area contributed by atoms with E-state index in [0.29, 0.717) is 17.2 Å². The van der Waals surface area contributed by atoms with Gasteiger partial charge in [0.2, 0.25) is 0 Å². The molecule has 0 radical (unpaired) electrons. The fraction of sp³-hybridized carbons (Fsp3) is 0.412. The second-order valence-corrected chi connectivity index (χ2v) is 5.92. The molecule has 23 heavy (non-hydrogen) atoms. The quantitative estimate of drug-likeness (QED) is 0.784. The third-order valence-electron chi connectivity index (χ3n) is 4.22. The molecule has 2 aromatic rings. The minimum absolute atomic E-state index is 0.0440. The van der Waals surface area contributed by atoms with Gasteiger partial charge in [-0.1, -0.05) is 0 Å². The van der Waals surface area contributed by atoms with E-state index in [1.165, 1.54) is 6.07 Å². The highest BCUT2D eigenvalue weighted by Gasteiger charge is 2.31. The summed E-state index contributed by atoms with van der Waals surface area (Å²) in [7, 11) is 0. The van der Waals surface area contributed by atoms with Crippen molar-refractivity contribution in [2.75, 3.05) is 0 Å². The second-order valence-electron chi connectivity index (χ2n) is 5.92. The minimum atomic E-state index is -1.09. The van der Waals surface area contributed by atoms with E-state index in [1.54, 1.807) is 20.8 Å². The van der Waals surface area contributed by atoms with Gasteiger partial charge in [0.25, 0.3) is 0 Å². The van der Waals surface area contributed by atoms with E-state index in [9.17, 15) is 13.6 Å². The summed E-state index contributed by atoms with van der Waals surface area (Å²) in [5.41, 5.74) is 1.27. The van der Waals surface area contributed by atoms with Gasteiger partial charge in [-0.15, -0.1) is 0 Å². The molecule has 1 saturated carbocycles. The number of pyridine rings is 1. The third kappa shape index (κ3) is 2.98. The predicted molar refractivity (Wildman–Crippen MR) is 80.4 cm³/mol. The van der Waals surface area contributed by atoms with Gasteiger partial charge < -0.3 is 9.47 Å². The van der Waals surface area contributed by atoms with Crippen LogP contribution in [0.4, 0.5) is 13.6 Å². The summed E-state index contributed by atoms with van der Waals surface area (Å²) in [5.74, 6) is -1.80. The van der Waals surface area contributed by atoms with E-state index in [0.717, 1.165) is 18.9 Å². The van der Waals surface area contributed by atoms with E-state index in [-0.39, 0.29) is 22.8 Å². The molecule has 1 aromatic carbocycles. The summed E-state index contributed by atoms with van der Waals surface area (Å²) < 4.78 is 38.1. The lowest BCUT2D eigenvalue weighted by Gasteiger charge is -2.15.